The molecule has 1 saturated heterocycles. The lowest BCUT2D eigenvalue weighted by Gasteiger charge is -2.41. The average Bonchev–Trinajstić information content (AvgIpc) is 3.35. The van der Waals surface area contributed by atoms with E-state index >= 15 is 0 Å². The minimum Gasteiger partial charge on any atom is -0.390 e. The van der Waals surface area contributed by atoms with Gasteiger partial charge in [0.25, 0.3) is 5.91 Å². The first-order valence-corrected chi connectivity index (χ1v) is 29.5. The highest BCUT2D eigenvalue weighted by molar-refractivity contribution is 6.42. The number of amides is 2. The van der Waals surface area contributed by atoms with E-state index < -0.39 is 54.9 Å². The highest BCUT2D eigenvalue weighted by atomic mass is 35.5. The molecule has 8 atom stereocenters. The summed E-state index contributed by atoms with van der Waals surface area (Å²) in [5.41, 5.74) is 0.221. The topological polar surface area (TPSA) is 178 Å². The van der Waals surface area contributed by atoms with Crippen molar-refractivity contribution in [3.63, 3.8) is 0 Å². The van der Waals surface area contributed by atoms with Crippen molar-refractivity contribution in [2.75, 3.05) is 13.2 Å². The molecule has 70 heavy (non-hydrogen) atoms. The molecule has 0 bridgehead atoms. The molecule has 0 spiro atoms. The summed E-state index contributed by atoms with van der Waals surface area (Å²) in [5, 5.41) is 60.8. The largest absolute Gasteiger partial charge is 0.390 e. The molecule has 1 heterocycles. The third kappa shape index (κ3) is 30.6. The number of benzene rings is 1. The summed E-state index contributed by atoms with van der Waals surface area (Å²) in [5.74, 6) is -0.807. The van der Waals surface area contributed by atoms with Gasteiger partial charge in [0.05, 0.1) is 28.8 Å². The molecule has 7 N–H and O–H groups in total. The van der Waals surface area contributed by atoms with Crippen molar-refractivity contribution < 1.29 is 44.6 Å². The molecule has 2 rings (SSSR count). The van der Waals surface area contributed by atoms with Gasteiger partial charge >= 0.3 is 0 Å². The second kappa shape index (κ2) is 42.8. The number of hydrogen-bond acceptors (Lipinski definition) is 9. The fourth-order valence-corrected chi connectivity index (χ4v) is 9.86. The van der Waals surface area contributed by atoms with Crippen LogP contribution in [0.25, 0.3) is 0 Å². The lowest BCUT2D eigenvalue weighted by atomic mass is 9.98. The highest BCUT2D eigenvalue weighted by Gasteiger charge is 2.45. The van der Waals surface area contributed by atoms with Crippen molar-refractivity contribution in [3.8, 4) is 0 Å². The summed E-state index contributed by atoms with van der Waals surface area (Å²) >= 11 is 12.1. The van der Waals surface area contributed by atoms with Gasteiger partial charge in [0, 0.05) is 18.5 Å². The van der Waals surface area contributed by atoms with Crippen molar-refractivity contribution in [1.82, 2.24) is 10.6 Å². The summed E-state index contributed by atoms with van der Waals surface area (Å²) in [6.07, 6.45) is 34.4. The lowest BCUT2D eigenvalue weighted by molar-refractivity contribution is -0.297. The molecule has 0 aliphatic carbocycles. The van der Waals surface area contributed by atoms with E-state index in [1.807, 2.05) is 0 Å². The van der Waals surface area contributed by atoms with E-state index in [9.17, 15) is 35.1 Å². The fraction of sp³-hybridized carbons (Fsp3) is 0.860. The Kier molecular flexibility index (Phi) is 39.5. The van der Waals surface area contributed by atoms with Gasteiger partial charge in [-0.25, -0.2) is 0 Å². The molecule has 0 unspecified atom stereocenters. The summed E-state index contributed by atoms with van der Waals surface area (Å²) in [6.45, 7) is 3.92. The van der Waals surface area contributed by atoms with Gasteiger partial charge < -0.3 is 45.6 Å². The van der Waals surface area contributed by atoms with Crippen LogP contribution in [0.2, 0.25) is 10.0 Å². The van der Waals surface area contributed by atoms with Crippen LogP contribution >= 0.6 is 23.2 Å². The first-order valence-electron chi connectivity index (χ1n) is 28.7. The Hall–Kier alpha value is -1.54. The molecule has 408 valence electrons. The van der Waals surface area contributed by atoms with Gasteiger partial charge in [-0.15, -0.1) is 0 Å². The summed E-state index contributed by atoms with van der Waals surface area (Å²) in [4.78, 5) is 26.1. The van der Waals surface area contributed by atoms with E-state index in [1.165, 1.54) is 192 Å². The normalized spacial score (nSPS) is 19.5. The minimum absolute atomic E-state index is 0.194. The van der Waals surface area contributed by atoms with E-state index in [4.69, 9.17) is 32.7 Å². The molecule has 0 radical (unpaired) electrons. The van der Waals surface area contributed by atoms with E-state index in [1.54, 1.807) is 0 Å². The molecule has 2 amide bonds. The second-order valence-corrected chi connectivity index (χ2v) is 21.4. The monoisotopic (exact) mass is 1030 g/mol. The fourth-order valence-electron chi connectivity index (χ4n) is 9.56. The Morgan fingerprint density at radius 2 is 0.986 bits per heavy atom. The number of carbonyl (C=O) groups is 2. The number of unbranched alkanes of at least 4 members (excludes halogenated alkanes) is 33. The van der Waals surface area contributed by atoms with Crippen LogP contribution in [0.1, 0.15) is 262 Å². The van der Waals surface area contributed by atoms with Crippen molar-refractivity contribution in [2.45, 2.75) is 300 Å². The van der Waals surface area contributed by atoms with Crippen LogP contribution in [0, 0.1) is 0 Å². The van der Waals surface area contributed by atoms with Gasteiger partial charge in [-0.1, -0.05) is 255 Å². The Balaban J connectivity index is 1.74. The first-order chi connectivity index (χ1) is 34.0. The Labute approximate surface area is 435 Å². The molecule has 1 fully saturated rings. The SMILES string of the molecule is CCCCCCCCCCCCCCCCCCCCCCCCCC(=O)N[C@@H](CO[C@H]1O[C@H](CNC(=O)c2ccc(Cl)c(Cl)c2)[C@H](O)[C@H](O)[C@H]1O)[C@H](O)[C@H](O)CCCCCCCCCCCCCC. The lowest BCUT2D eigenvalue weighted by Crippen LogP contribution is -2.61. The van der Waals surface area contributed by atoms with E-state index in [0.29, 0.717) is 12.8 Å². The number of nitrogens with one attached hydrogen (secondary N) is 2. The Morgan fingerprint density at radius 3 is 1.41 bits per heavy atom. The Bertz CT molecular complexity index is 1430. The van der Waals surface area contributed by atoms with Crippen molar-refractivity contribution in [2.24, 2.45) is 0 Å². The van der Waals surface area contributed by atoms with Crippen molar-refractivity contribution in [1.29, 1.82) is 0 Å². The highest BCUT2D eigenvalue weighted by Crippen LogP contribution is 2.25. The molecule has 1 aromatic rings. The third-order valence-corrected chi connectivity index (χ3v) is 15.0. The van der Waals surface area contributed by atoms with E-state index in [2.05, 4.69) is 24.5 Å². The van der Waals surface area contributed by atoms with Crippen LogP contribution in [0.15, 0.2) is 18.2 Å². The number of halogens is 2. The van der Waals surface area contributed by atoms with Crippen LogP contribution in [-0.4, -0.2) is 99.5 Å². The van der Waals surface area contributed by atoms with Gasteiger partial charge in [0.1, 0.15) is 30.5 Å². The van der Waals surface area contributed by atoms with Crippen molar-refractivity contribution >= 4 is 35.0 Å². The minimum atomic E-state index is -1.68. The Morgan fingerprint density at radius 1 is 0.571 bits per heavy atom. The van der Waals surface area contributed by atoms with Gasteiger partial charge in [-0.05, 0) is 31.0 Å². The summed E-state index contributed by atoms with van der Waals surface area (Å²) < 4.78 is 11.7. The molecule has 1 aliphatic heterocycles. The maximum Gasteiger partial charge on any atom is 0.251 e. The van der Waals surface area contributed by atoms with Gasteiger partial charge in [-0.3, -0.25) is 9.59 Å². The molecule has 0 saturated carbocycles. The predicted molar refractivity (Wildman–Crippen MR) is 288 cm³/mol. The van der Waals surface area contributed by atoms with Gasteiger partial charge in [0.15, 0.2) is 6.29 Å². The van der Waals surface area contributed by atoms with E-state index in [0.717, 1.165) is 44.9 Å². The second-order valence-electron chi connectivity index (χ2n) is 20.6. The average molecular weight is 1030 g/mol. The number of aliphatic hydroxyl groups excluding tert-OH is 5. The molecular weight excluding hydrogens is 928 g/mol. The van der Waals surface area contributed by atoms with Crippen molar-refractivity contribution in [3.05, 3.63) is 33.8 Å². The maximum atomic E-state index is 13.3. The molecular formula is C57H102Cl2N2O9. The van der Waals surface area contributed by atoms with Crippen LogP contribution in [0.5, 0.6) is 0 Å². The number of carbonyl (C=O) groups excluding carboxylic acids is 2. The number of aliphatic hydroxyl groups is 5. The smallest absolute Gasteiger partial charge is 0.251 e. The quantitative estimate of drug-likeness (QED) is 0.0313. The summed E-state index contributed by atoms with van der Waals surface area (Å²) in [6, 6.07) is 3.33. The number of rotatable bonds is 46. The molecule has 0 aromatic heterocycles. The molecule has 13 heteroatoms. The number of ether oxygens (including phenoxy) is 2. The molecule has 11 nitrogen and oxygen atoms in total. The van der Waals surface area contributed by atoms with Gasteiger partial charge in [0.2, 0.25) is 5.91 Å². The van der Waals surface area contributed by atoms with Crippen LogP contribution in [-0.2, 0) is 14.3 Å². The zero-order chi connectivity index (χ0) is 51.0. The third-order valence-electron chi connectivity index (χ3n) is 14.3. The number of hydrogen-bond donors (Lipinski definition) is 7. The standard InChI is InChI=1S/C57H102Cl2N2O9/c1-3-5-7-9-11-13-15-17-18-19-20-21-22-23-24-25-26-27-29-31-33-35-37-39-51(63)61-48(52(64)49(62)38-36-34-32-30-28-16-14-12-10-8-6-4-2)44-69-57-55(67)54(66)53(65)50(70-57)43-60-56(68)45-40-41-46(58)47(59)42-45/h40-42,48-50,52-55,57,62,64-67H,3-39,43-44H2,1-2H3,(H,60,68)(H,61,63)/t48-,49+,50+,52-,53-,54-,55+,57-/m0/s1. The van der Waals surface area contributed by atoms with Crippen LogP contribution in [0.3, 0.4) is 0 Å². The first kappa shape index (κ1) is 64.6. The molecule has 1 aliphatic rings. The summed E-state index contributed by atoms with van der Waals surface area (Å²) in [7, 11) is 0. The van der Waals surface area contributed by atoms with Gasteiger partial charge in [-0.2, -0.15) is 0 Å². The zero-order valence-electron chi connectivity index (χ0n) is 44.1. The predicted octanol–water partition coefficient (Wildman–Crippen LogP) is 13.2. The van der Waals surface area contributed by atoms with E-state index in [-0.39, 0.29) is 41.1 Å². The van der Waals surface area contributed by atoms with Crippen LogP contribution < -0.4 is 10.6 Å². The molecule has 1 aromatic carbocycles. The maximum absolute atomic E-state index is 13.3. The van der Waals surface area contributed by atoms with Crippen LogP contribution in [0.4, 0.5) is 0 Å². The zero-order valence-corrected chi connectivity index (χ0v) is 45.6.